The lowest BCUT2D eigenvalue weighted by Crippen LogP contribution is -2.24. The number of fused-ring (bicyclic) bond motifs is 1. The van der Waals surface area contributed by atoms with E-state index >= 15 is 0 Å². The zero-order valence-electron chi connectivity index (χ0n) is 16.4. The summed E-state index contributed by atoms with van der Waals surface area (Å²) in [5, 5.41) is 9.05. The van der Waals surface area contributed by atoms with E-state index in [1.54, 1.807) is 25.5 Å². The summed E-state index contributed by atoms with van der Waals surface area (Å²) in [5.74, 6) is -0.356. The minimum atomic E-state index is -0.389. The maximum Gasteiger partial charge on any atom is 0.261 e. The molecule has 0 aromatic carbocycles. The summed E-state index contributed by atoms with van der Waals surface area (Å²) in [7, 11) is 5.05. The molecule has 4 rings (SSSR count). The number of aromatic nitrogens is 3. The van der Waals surface area contributed by atoms with Gasteiger partial charge in [0.1, 0.15) is 11.4 Å². The van der Waals surface area contributed by atoms with Gasteiger partial charge in [0.2, 0.25) is 5.91 Å². The first kappa shape index (κ1) is 18.7. The number of aryl methyl sites for hydroxylation is 2. The number of carbonyl (C=O) groups excluding carboxylic acids is 2. The van der Waals surface area contributed by atoms with Crippen LogP contribution in [-0.4, -0.2) is 33.0 Å². The highest BCUT2D eigenvalue weighted by Gasteiger charge is 2.31. The molecule has 1 fully saturated rings. The van der Waals surface area contributed by atoms with Crippen LogP contribution in [0.1, 0.15) is 23.2 Å². The number of pyridine rings is 2. The number of nitrogens with one attached hydrogen (secondary N) is 3. The topological polar surface area (TPSA) is 110 Å². The largest absolute Gasteiger partial charge is 0.355 e. The van der Waals surface area contributed by atoms with Crippen LogP contribution in [0.2, 0.25) is 0 Å². The Hall–Kier alpha value is -3.62. The third kappa shape index (κ3) is 3.35. The van der Waals surface area contributed by atoms with Gasteiger partial charge in [-0.15, -0.1) is 0 Å². The zero-order valence-corrected chi connectivity index (χ0v) is 16.4. The molecule has 0 bridgehead atoms. The highest BCUT2D eigenvalue weighted by molar-refractivity contribution is 6.08. The van der Waals surface area contributed by atoms with Gasteiger partial charge in [-0.05, 0) is 25.0 Å². The van der Waals surface area contributed by atoms with Gasteiger partial charge < -0.3 is 25.1 Å². The third-order valence-corrected chi connectivity index (χ3v) is 5.08. The Morgan fingerprint density at radius 1 is 1.14 bits per heavy atom. The molecule has 1 aliphatic carbocycles. The monoisotopic (exact) mass is 394 g/mol. The van der Waals surface area contributed by atoms with Gasteiger partial charge in [-0.1, -0.05) is 0 Å². The van der Waals surface area contributed by atoms with E-state index < -0.39 is 0 Å². The van der Waals surface area contributed by atoms with Crippen molar-refractivity contribution in [2.24, 2.45) is 20.0 Å². The molecule has 0 spiro atoms. The molecule has 9 heteroatoms. The molecular formula is C20H22N6O3. The van der Waals surface area contributed by atoms with Gasteiger partial charge in [-0.25, -0.2) is 4.98 Å². The quantitative estimate of drug-likeness (QED) is 0.610. The molecule has 3 heterocycles. The second-order valence-corrected chi connectivity index (χ2v) is 7.20. The number of amides is 2. The average Bonchev–Trinajstić information content (AvgIpc) is 3.50. The maximum absolute atomic E-state index is 12.7. The van der Waals surface area contributed by atoms with Gasteiger partial charge in [0.25, 0.3) is 11.5 Å². The summed E-state index contributed by atoms with van der Waals surface area (Å²) >= 11 is 0. The van der Waals surface area contributed by atoms with E-state index in [0.717, 1.165) is 18.4 Å². The zero-order chi connectivity index (χ0) is 20.7. The summed E-state index contributed by atoms with van der Waals surface area (Å²) in [5.41, 5.74) is 1.86. The van der Waals surface area contributed by atoms with Crippen LogP contribution < -0.4 is 21.5 Å². The van der Waals surface area contributed by atoms with Gasteiger partial charge in [0.05, 0.1) is 22.3 Å². The Morgan fingerprint density at radius 2 is 1.90 bits per heavy atom. The first-order valence-electron chi connectivity index (χ1n) is 9.34. The van der Waals surface area contributed by atoms with Crippen LogP contribution in [0.25, 0.3) is 10.9 Å². The Balaban J connectivity index is 1.80. The molecule has 0 saturated heterocycles. The van der Waals surface area contributed by atoms with Crippen LogP contribution in [0.5, 0.6) is 0 Å². The Kier molecular flexibility index (Phi) is 4.57. The smallest absolute Gasteiger partial charge is 0.261 e. The van der Waals surface area contributed by atoms with Crippen molar-refractivity contribution in [2.45, 2.75) is 12.8 Å². The molecule has 1 aliphatic rings. The van der Waals surface area contributed by atoms with E-state index in [2.05, 4.69) is 20.9 Å². The lowest BCUT2D eigenvalue weighted by Gasteiger charge is -2.14. The highest BCUT2D eigenvalue weighted by Crippen LogP contribution is 2.33. The molecule has 150 valence electrons. The molecule has 3 aromatic heterocycles. The summed E-state index contributed by atoms with van der Waals surface area (Å²) in [6.07, 6.45) is 6.71. The molecule has 9 nitrogen and oxygen atoms in total. The predicted molar refractivity (Wildman–Crippen MR) is 110 cm³/mol. The maximum atomic E-state index is 12.7. The van der Waals surface area contributed by atoms with Crippen LogP contribution >= 0.6 is 0 Å². The number of anilines is 3. The van der Waals surface area contributed by atoms with Crippen molar-refractivity contribution in [3.63, 3.8) is 0 Å². The Bertz CT molecular complexity index is 1190. The molecule has 3 N–H and O–H groups in total. The van der Waals surface area contributed by atoms with Crippen LogP contribution in [-0.2, 0) is 18.9 Å². The fraction of sp³-hybridized carbons (Fsp3) is 0.300. The SMILES string of the molecule is CNC(=O)c1c(Nc2cn(C)c3ccn(C)c(=O)c23)ccnc1NC(=O)C1CC1. The second kappa shape index (κ2) is 7.08. The van der Waals surface area contributed by atoms with Crippen LogP contribution in [0.4, 0.5) is 17.2 Å². The Labute approximate surface area is 166 Å². The minimum absolute atomic E-state index is 0.0213. The van der Waals surface area contributed by atoms with Gasteiger partial charge in [-0.3, -0.25) is 14.4 Å². The van der Waals surface area contributed by atoms with Crippen molar-refractivity contribution in [3.05, 3.63) is 46.6 Å². The lowest BCUT2D eigenvalue weighted by atomic mass is 10.1. The summed E-state index contributed by atoms with van der Waals surface area (Å²) in [6, 6.07) is 3.50. The number of hydrogen-bond donors (Lipinski definition) is 3. The number of nitrogens with zero attached hydrogens (tertiary/aromatic N) is 3. The first-order valence-corrected chi connectivity index (χ1v) is 9.34. The van der Waals surface area contributed by atoms with Crippen molar-refractivity contribution >= 4 is 39.9 Å². The number of hydrogen-bond acceptors (Lipinski definition) is 5. The van der Waals surface area contributed by atoms with E-state index in [4.69, 9.17) is 0 Å². The predicted octanol–water partition coefficient (Wildman–Crippen LogP) is 1.72. The summed E-state index contributed by atoms with van der Waals surface area (Å²) in [4.78, 5) is 41.7. The van der Waals surface area contributed by atoms with E-state index in [1.165, 1.54) is 17.8 Å². The van der Waals surface area contributed by atoms with Crippen molar-refractivity contribution < 1.29 is 9.59 Å². The summed E-state index contributed by atoms with van der Waals surface area (Å²) < 4.78 is 3.34. The van der Waals surface area contributed by atoms with Crippen LogP contribution in [0, 0.1) is 5.92 Å². The van der Waals surface area contributed by atoms with E-state index in [1.807, 2.05) is 17.7 Å². The fourth-order valence-electron chi connectivity index (χ4n) is 3.31. The Morgan fingerprint density at radius 3 is 2.59 bits per heavy atom. The van der Waals surface area contributed by atoms with E-state index in [-0.39, 0.29) is 34.7 Å². The van der Waals surface area contributed by atoms with Gasteiger partial charge in [-0.2, -0.15) is 0 Å². The van der Waals surface area contributed by atoms with Crippen molar-refractivity contribution in [2.75, 3.05) is 17.7 Å². The molecule has 2 amide bonds. The molecule has 0 unspecified atom stereocenters. The average molecular weight is 394 g/mol. The fourth-order valence-corrected chi connectivity index (χ4v) is 3.31. The third-order valence-electron chi connectivity index (χ3n) is 5.08. The molecular weight excluding hydrogens is 372 g/mol. The molecule has 0 radical (unpaired) electrons. The molecule has 29 heavy (non-hydrogen) atoms. The number of rotatable bonds is 5. The van der Waals surface area contributed by atoms with E-state index in [9.17, 15) is 14.4 Å². The van der Waals surface area contributed by atoms with Crippen molar-refractivity contribution in [3.8, 4) is 0 Å². The van der Waals surface area contributed by atoms with Gasteiger partial charge in [0.15, 0.2) is 0 Å². The molecule has 0 aliphatic heterocycles. The van der Waals surface area contributed by atoms with Crippen molar-refractivity contribution in [1.82, 2.24) is 19.4 Å². The van der Waals surface area contributed by atoms with Crippen LogP contribution in [0.15, 0.2) is 35.5 Å². The normalized spacial score (nSPS) is 13.3. The van der Waals surface area contributed by atoms with Crippen molar-refractivity contribution in [1.29, 1.82) is 0 Å². The number of carbonyl (C=O) groups is 2. The van der Waals surface area contributed by atoms with Gasteiger partial charge in [0, 0.05) is 45.7 Å². The summed E-state index contributed by atoms with van der Waals surface area (Å²) in [6.45, 7) is 0. The molecule has 1 saturated carbocycles. The first-order chi connectivity index (χ1) is 13.9. The minimum Gasteiger partial charge on any atom is -0.355 e. The van der Waals surface area contributed by atoms with Gasteiger partial charge >= 0.3 is 0 Å². The lowest BCUT2D eigenvalue weighted by molar-refractivity contribution is -0.117. The molecule has 0 atom stereocenters. The highest BCUT2D eigenvalue weighted by atomic mass is 16.2. The standard InChI is InChI=1S/C20H22N6O3/c1-21-19(28)16-12(6-8-22-17(16)24-18(27)11-4-5-11)23-13-10-26(3)14-7-9-25(2)20(29)15(13)14/h6-11H,4-5H2,1-3H3,(H,21,28)(H2,22,23,24,27). The molecule has 3 aromatic rings. The van der Waals surface area contributed by atoms with Crippen LogP contribution in [0.3, 0.4) is 0 Å². The second-order valence-electron chi connectivity index (χ2n) is 7.20. The van der Waals surface area contributed by atoms with E-state index in [0.29, 0.717) is 16.8 Å².